The molecule has 51 heavy (non-hydrogen) atoms. The van der Waals surface area contributed by atoms with Crippen LogP contribution < -0.4 is 4.90 Å². The Labute approximate surface area is 297 Å². The molecular weight excluding hydrogens is 615 g/mol. The van der Waals surface area contributed by atoms with Crippen LogP contribution in [0.1, 0.15) is 0 Å². The predicted molar refractivity (Wildman–Crippen MR) is 220 cm³/mol. The lowest BCUT2D eigenvalue weighted by Gasteiger charge is -2.26. The number of hydrogen-bond donors (Lipinski definition) is 0. The zero-order valence-corrected chi connectivity index (χ0v) is 28.0. The summed E-state index contributed by atoms with van der Waals surface area (Å²) in [7, 11) is 0. The van der Waals surface area contributed by atoms with Gasteiger partial charge in [0.25, 0.3) is 0 Å². The fourth-order valence-electron chi connectivity index (χ4n) is 7.90. The van der Waals surface area contributed by atoms with Gasteiger partial charge in [-0.15, -0.1) is 0 Å². The van der Waals surface area contributed by atoms with Crippen LogP contribution in [-0.2, 0) is 0 Å². The van der Waals surface area contributed by atoms with E-state index in [0.717, 1.165) is 17.1 Å². The third-order valence-corrected chi connectivity index (χ3v) is 10.4. The summed E-state index contributed by atoms with van der Waals surface area (Å²) in [6.45, 7) is 0. The second-order valence-corrected chi connectivity index (χ2v) is 13.3. The van der Waals surface area contributed by atoms with Crippen molar-refractivity contribution >= 4 is 70.9 Å². The molecule has 0 aliphatic carbocycles. The number of nitrogens with zero attached hydrogens (tertiary/aromatic N) is 1. The molecule has 0 saturated heterocycles. The molecule has 0 aliphatic heterocycles. The Morgan fingerprint density at radius 2 is 0.627 bits per heavy atom. The van der Waals surface area contributed by atoms with Crippen molar-refractivity contribution in [3.05, 3.63) is 200 Å². The molecular formula is C50H33N. The zero-order chi connectivity index (χ0) is 33.7. The van der Waals surface area contributed by atoms with Crippen LogP contribution in [0.15, 0.2) is 200 Å². The number of fused-ring (bicyclic) bond motifs is 9. The van der Waals surface area contributed by atoms with Gasteiger partial charge in [-0.05, 0) is 119 Å². The molecule has 0 fully saturated rings. The van der Waals surface area contributed by atoms with Gasteiger partial charge in [-0.2, -0.15) is 0 Å². The monoisotopic (exact) mass is 647 g/mol. The molecule has 0 unspecified atom stereocenters. The molecule has 0 heterocycles. The van der Waals surface area contributed by atoms with E-state index in [2.05, 4.69) is 205 Å². The van der Waals surface area contributed by atoms with Crippen LogP contribution in [0.3, 0.4) is 0 Å². The quantitative estimate of drug-likeness (QED) is 0.168. The summed E-state index contributed by atoms with van der Waals surface area (Å²) < 4.78 is 0. The van der Waals surface area contributed by atoms with Crippen LogP contribution in [-0.4, -0.2) is 0 Å². The van der Waals surface area contributed by atoms with Crippen molar-refractivity contribution in [2.45, 2.75) is 0 Å². The van der Waals surface area contributed by atoms with Gasteiger partial charge >= 0.3 is 0 Å². The normalized spacial score (nSPS) is 11.5. The maximum atomic E-state index is 2.38. The Hall–Kier alpha value is -6.70. The number of benzene rings is 10. The van der Waals surface area contributed by atoms with Gasteiger partial charge in [0.1, 0.15) is 0 Å². The van der Waals surface area contributed by atoms with Gasteiger partial charge in [-0.3, -0.25) is 0 Å². The van der Waals surface area contributed by atoms with E-state index in [1.165, 1.54) is 76.1 Å². The van der Waals surface area contributed by atoms with Gasteiger partial charge < -0.3 is 4.90 Å². The van der Waals surface area contributed by atoms with Crippen molar-refractivity contribution in [2.75, 3.05) is 4.90 Å². The van der Waals surface area contributed by atoms with E-state index < -0.39 is 0 Å². The van der Waals surface area contributed by atoms with Crippen molar-refractivity contribution < 1.29 is 0 Å². The minimum absolute atomic E-state index is 1.11. The molecule has 0 saturated carbocycles. The summed E-state index contributed by atoms with van der Waals surface area (Å²) >= 11 is 0. The van der Waals surface area contributed by atoms with Gasteiger partial charge in [-0.25, -0.2) is 0 Å². The molecule has 0 amide bonds. The van der Waals surface area contributed by atoms with Crippen molar-refractivity contribution in [2.24, 2.45) is 0 Å². The number of hydrogen-bond acceptors (Lipinski definition) is 1. The maximum Gasteiger partial charge on any atom is 0.0468 e. The molecule has 0 spiro atoms. The predicted octanol–water partition coefficient (Wildman–Crippen LogP) is 14.3. The van der Waals surface area contributed by atoms with Crippen LogP contribution in [0.5, 0.6) is 0 Å². The molecule has 1 heteroatoms. The third kappa shape index (κ3) is 5.02. The zero-order valence-electron chi connectivity index (χ0n) is 28.0. The second-order valence-electron chi connectivity index (χ2n) is 13.3. The topological polar surface area (TPSA) is 3.24 Å². The van der Waals surface area contributed by atoms with Gasteiger partial charge in [-0.1, -0.05) is 158 Å². The van der Waals surface area contributed by atoms with E-state index in [-0.39, 0.29) is 0 Å². The smallest absolute Gasteiger partial charge is 0.0468 e. The summed E-state index contributed by atoms with van der Waals surface area (Å²) in [5.41, 5.74) is 8.19. The molecule has 0 aromatic heterocycles. The SMILES string of the molecule is c1ccc(-c2ccc(N(c3ccc(-c4ccc5ccc6ccccc6c5c4)cc3)c3ccc4c5ccccc5c5ccccc5c4c3)cc2)cc1. The van der Waals surface area contributed by atoms with E-state index in [0.29, 0.717) is 0 Å². The lowest BCUT2D eigenvalue weighted by molar-refractivity contribution is 1.29. The van der Waals surface area contributed by atoms with E-state index in [4.69, 9.17) is 0 Å². The molecule has 10 aromatic carbocycles. The summed E-state index contributed by atoms with van der Waals surface area (Å²) in [4.78, 5) is 2.38. The van der Waals surface area contributed by atoms with Gasteiger partial charge in [0.15, 0.2) is 0 Å². The van der Waals surface area contributed by atoms with Gasteiger partial charge in [0.05, 0.1) is 0 Å². The first kappa shape index (κ1) is 29.2. The molecule has 1 nitrogen and oxygen atoms in total. The maximum absolute atomic E-state index is 2.38. The molecule has 0 radical (unpaired) electrons. The van der Waals surface area contributed by atoms with Crippen LogP contribution >= 0.6 is 0 Å². The fraction of sp³-hybridized carbons (Fsp3) is 0. The molecule has 0 aliphatic rings. The first-order valence-corrected chi connectivity index (χ1v) is 17.6. The first-order valence-electron chi connectivity index (χ1n) is 17.6. The van der Waals surface area contributed by atoms with E-state index in [1.807, 2.05) is 0 Å². The lowest BCUT2D eigenvalue weighted by Crippen LogP contribution is -2.10. The first-order chi connectivity index (χ1) is 25.3. The van der Waals surface area contributed by atoms with Gasteiger partial charge in [0.2, 0.25) is 0 Å². The highest BCUT2D eigenvalue weighted by molar-refractivity contribution is 6.25. The molecule has 0 bridgehead atoms. The second kappa shape index (κ2) is 12.0. The van der Waals surface area contributed by atoms with Crippen molar-refractivity contribution in [1.82, 2.24) is 0 Å². The summed E-state index contributed by atoms with van der Waals surface area (Å²) in [6, 6.07) is 73.0. The Balaban J connectivity index is 1.12. The fourth-order valence-corrected chi connectivity index (χ4v) is 7.90. The molecule has 10 aromatic rings. The Bertz CT molecular complexity index is 2850. The molecule has 10 rings (SSSR count). The van der Waals surface area contributed by atoms with E-state index in [1.54, 1.807) is 0 Å². The van der Waals surface area contributed by atoms with Crippen molar-refractivity contribution in [3.8, 4) is 22.3 Å². The van der Waals surface area contributed by atoms with Crippen LogP contribution in [0.2, 0.25) is 0 Å². The third-order valence-electron chi connectivity index (χ3n) is 10.4. The molecule has 0 atom stereocenters. The van der Waals surface area contributed by atoms with E-state index >= 15 is 0 Å². The molecule has 238 valence electrons. The highest BCUT2D eigenvalue weighted by Crippen LogP contribution is 2.42. The van der Waals surface area contributed by atoms with Gasteiger partial charge in [0, 0.05) is 17.1 Å². The number of rotatable bonds is 5. The van der Waals surface area contributed by atoms with Crippen molar-refractivity contribution in [1.29, 1.82) is 0 Å². The summed E-state index contributed by atoms with van der Waals surface area (Å²) in [5.74, 6) is 0. The Kier molecular flexibility index (Phi) is 6.89. The average Bonchev–Trinajstić information content (AvgIpc) is 3.21. The average molecular weight is 648 g/mol. The Morgan fingerprint density at radius 3 is 1.25 bits per heavy atom. The number of anilines is 3. The largest absolute Gasteiger partial charge is 0.310 e. The van der Waals surface area contributed by atoms with Crippen LogP contribution in [0.25, 0.3) is 76.1 Å². The Morgan fingerprint density at radius 1 is 0.216 bits per heavy atom. The summed E-state index contributed by atoms with van der Waals surface area (Å²) in [5, 5.41) is 12.7. The minimum Gasteiger partial charge on any atom is -0.310 e. The summed E-state index contributed by atoms with van der Waals surface area (Å²) in [6.07, 6.45) is 0. The van der Waals surface area contributed by atoms with Crippen LogP contribution in [0.4, 0.5) is 17.1 Å². The highest BCUT2D eigenvalue weighted by Gasteiger charge is 2.16. The van der Waals surface area contributed by atoms with Crippen molar-refractivity contribution in [3.63, 3.8) is 0 Å². The molecule has 0 N–H and O–H groups in total. The lowest BCUT2D eigenvalue weighted by atomic mass is 9.94. The van der Waals surface area contributed by atoms with Crippen LogP contribution in [0, 0.1) is 0 Å². The minimum atomic E-state index is 1.11. The van der Waals surface area contributed by atoms with E-state index in [9.17, 15) is 0 Å². The standard InChI is InChI=1S/C50H33N/c1-2-10-34(11-3-1)35-22-26-40(27-23-35)51(42-30-31-48-46-16-7-6-14-44(46)45-15-8-9-17-47(45)50(48)33-42)41-28-24-36(25-29-41)39-21-20-38-19-18-37-12-4-5-13-43(37)49(38)32-39/h1-33H. The highest BCUT2D eigenvalue weighted by atomic mass is 15.1.